The molecule has 1 heterocycles. The van der Waals surface area contributed by atoms with Crippen LogP contribution in [0.25, 0.3) is 0 Å². The molecule has 1 aliphatic heterocycles. The number of carbonyl (C=O) groups is 2. The predicted octanol–water partition coefficient (Wildman–Crippen LogP) is -0.0209. The Bertz CT molecular complexity index is 456. The fraction of sp³-hybridized carbons (Fsp3) is 0.385. The predicted molar refractivity (Wildman–Crippen MR) is 67.1 cm³/mol. The summed E-state index contributed by atoms with van der Waals surface area (Å²) in [5.74, 6) is -0.758. The van der Waals surface area contributed by atoms with Gasteiger partial charge in [0.05, 0.1) is 5.92 Å². The van der Waals surface area contributed by atoms with Crippen LogP contribution in [0.2, 0.25) is 0 Å². The monoisotopic (exact) mass is 247 g/mol. The third-order valence-electron chi connectivity index (χ3n) is 3.25. The van der Waals surface area contributed by atoms with Gasteiger partial charge in [-0.25, -0.2) is 0 Å². The van der Waals surface area contributed by atoms with Crippen molar-refractivity contribution >= 4 is 11.8 Å². The highest BCUT2D eigenvalue weighted by atomic mass is 16.2. The topological polar surface area (TPSA) is 89.4 Å². The van der Waals surface area contributed by atoms with Crippen LogP contribution in [0.4, 0.5) is 0 Å². The molecule has 5 nitrogen and oxygen atoms in total. The van der Waals surface area contributed by atoms with Crippen LogP contribution in [0.1, 0.15) is 17.5 Å². The maximum Gasteiger partial charge on any atom is 0.223 e. The highest BCUT2D eigenvalue weighted by Gasteiger charge is 2.32. The van der Waals surface area contributed by atoms with Crippen molar-refractivity contribution in [2.75, 3.05) is 6.54 Å². The molecule has 1 aromatic carbocycles. The van der Waals surface area contributed by atoms with Gasteiger partial charge in [-0.2, -0.15) is 0 Å². The van der Waals surface area contributed by atoms with Gasteiger partial charge in [0.25, 0.3) is 0 Å². The van der Waals surface area contributed by atoms with Crippen LogP contribution in [0.5, 0.6) is 0 Å². The Morgan fingerprint density at radius 1 is 1.28 bits per heavy atom. The molecule has 1 saturated heterocycles. The minimum atomic E-state index is -0.399. The fourth-order valence-electron chi connectivity index (χ4n) is 2.12. The third-order valence-corrected chi connectivity index (χ3v) is 3.25. The van der Waals surface area contributed by atoms with E-state index in [2.05, 4.69) is 0 Å². The summed E-state index contributed by atoms with van der Waals surface area (Å²) >= 11 is 0. The number of rotatable bonds is 4. The van der Waals surface area contributed by atoms with Crippen molar-refractivity contribution in [3.63, 3.8) is 0 Å². The molecule has 18 heavy (non-hydrogen) atoms. The number of hydrogen-bond donors (Lipinski definition) is 2. The fourth-order valence-corrected chi connectivity index (χ4v) is 2.12. The number of hydrogen-bond acceptors (Lipinski definition) is 3. The minimum Gasteiger partial charge on any atom is -0.369 e. The van der Waals surface area contributed by atoms with Gasteiger partial charge in [-0.1, -0.05) is 24.3 Å². The number of carbonyl (C=O) groups excluding carboxylic acids is 2. The molecule has 96 valence electrons. The zero-order valence-corrected chi connectivity index (χ0v) is 10.1. The molecule has 1 fully saturated rings. The standard InChI is InChI=1S/C13H17N3O2/c14-6-9-1-3-10(4-2-9)7-16-8-11(13(15)18)5-12(16)17/h1-4,11H,5-8,14H2,(H2,15,18). The van der Waals surface area contributed by atoms with Gasteiger partial charge in [0, 0.05) is 26.1 Å². The molecule has 2 rings (SSSR count). The van der Waals surface area contributed by atoms with Gasteiger partial charge < -0.3 is 16.4 Å². The third kappa shape index (κ3) is 2.68. The summed E-state index contributed by atoms with van der Waals surface area (Å²) in [6, 6.07) is 7.79. The van der Waals surface area contributed by atoms with Crippen molar-refractivity contribution in [1.29, 1.82) is 0 Å². The average Bonchev–Trinajstić information content (AvgIpc) is 2.72. The number of benzene rings is 1. The van der Waals surface area contributed by atoms with Crippen LogP contribution in [0.15, 0.2) is 24.3 Å². The average molecular weight is 247 g/mol. The Morgan fingerprint density at radius 2 is 1.89 bits per heavy atom. The molecule has 0 aliphatic carbocycles. The Balaban J connectivity index is 2.01. The quantitative estimate of drug-likeness (QED) is 0.783. The second-order valence-corrected chi connectivity index (χ2v) is 4.60. The summed E-state index contributed by atoms with van der Waals surface area (Å²) < 4.78 is 0. The molecule has 4 N–H and O–H groups in total. The molecule has 1 aliphatic rings. The van der Waals surface area contributed by atoms with E-state index in [4.69, 9.17) is 11.5 Å². The van der Waals surface area contributed by atoms with E-state index in [0.717, 1.165) is 11.1 Å². The van der Waals surface area contributed by atoms with Crippen molar-refractivity contribution in [3.8, 4) is 0 Å². The Kier molecular flexibility index (Phi) is 3.62. The van der Waals surface area contributed by atoms with Crippen LogP contribution < -0.4 is 11.5 Å². The van der Waals surface area contributed by atoms with Gasteiger partial charge in [-0.15, -0.1) is 0 Å². The van der Waals surface area contributed by atoms with E-state index in [0.29, 0.717) is 19.6 Å². The Morgan fingerprint density at radius 3 is 2.39 bits per heavy atom. The van der Waals surface area contributed by atoms with E-state index in [1.165, 1.54) is 0 Å². The van der Waals surface area contributed by atoms with Crippen molar-refractivity contribution < 1.29 is 9.59 Å². The molecule has 0 aromatic heterocycles. The zero-order chi connectivity index (χ0) is 13.1. The lowest BCUT2D eigenvalue weighted by atomic mass is 10.1. The van der Waals surface area contributed by atoms with Gasteiger partial charge in [0.1, 0.15) is 0 Å². The van der Waals surface area contributed by atoms with Gasteiger partial charge in [-0.05, 0) is 11.1 Å². The zero-order valence-electron chi connectivity index (χ0n) is 10.1. The maximum atomic E-state index is 11.7. The number of primary amides is 1. The lowest BCUT2D eigenvalue weighted by molar-refractivity contribution is -0.128. The molecule has 0 radical (unpaired) electrons. The normalized spacial score (nSPS) is 19.3. The molecule has 1 aromatic rings. The summed E-state index contributed by atoms with van der Waals surface area (Å²) in [5.41, 5.74) is 12.8. The molecule has 0 spiro atoms. The first kappa shape index (κ1) is 12.6. The molecular formula is C13H17N3O2. The summed E-state index contributed by atoms with van der Waals surface area (Å²) in [4.78, 5) is 24.4. The van der Waals surface area contributed by atoms with Gasteiger partial charge in [0.2, 0.25) is 11.8 Å². The second kappa shape index (κ2) is 5.18. The highest BCUT2D eigenvalue weighted by molar-refractivity contribution is 5.88. The Labute approximate surface area is 106 Å². The number of nitrogens with two attached hydrogens (primary N) is 2. The van der Waals surface area contributed by atoms with Crippen molar-refractivity contribution in [2.24, 2.45) is 17.4 Å². The number of amides is 2. The van der Waals surface area contributed by atoms with E-state index in [1.807, 2.05) is 24.3 Å². The van der Waals surface area contributed by atoms with E-state index < -0.39 is 5.91 Å². The van der Waals surface area contributed by atoms with E-state index >= 15 is 0 Å². The summed E-state index contributed by atoms with van der Waals surface area (Å²) in [6.45, 7) is 1.45. The number of likely N-dealkylation sites (tertiary alicyclic amines) is 1. The van der Waals surface area contributed by atoms with Gasteiger partial charge in [-0.3, -0.25) is 9.59 Å². The maximum absolute atomic E-state index is 11.7. The molecule has 1 unspecified atom stereocenters. The first-order valence-electron chi connectivity index (χ1n) is 5.95. The lowest BCUT2D eigenvalue weighted by Gasteiger charge is -2.16. The highest BCUT2D eigenvalue weighted by Crippen LogP contribution is 2.19. The van der Waals surface area contributed by atoms with Crippen molar-refractivity contribution in [2.45, 2.75) is 19.5 Å². The summed E-state index contributed by atoms with van der Waals surface area (Å²) in [7, 11) is 0. The molecule has 5 heteroatoms. The van der Waals surface area contributed by atoms with Crippen LogP contribution in [0, 0.1) is 5.92 Å². The van der Waals surface area contributed by atoms with Crippen LogP contribution >= 0.6 is 0 Å². The van der Waals surface area contributed by atoms with Gasteiger partial charge in [0.15, 0.2) is 0 Å². The summed E-state index contributed by atoms with van der Waals surface area (Å²) in [6.07, 6.45) is 0.232. The van der Waals surface area contributed by atoms with Crippen molar-refractivity contribution in [3.05, 3.63) is 35.4 Å². The van der Waals surface area contributed by atoms with E-state index in [1.54, 1.807) is 4.90 Å². The molecular weight excluding hydrogens is 230 g/mol. The lowest BCUT2D eigenvalue weighted by Crippen LogP contribution is -2.28. The molecule has 0 saturated carbocycles. The summed E-state index contributed by atoms with van der Waals surface area (Å²) in [5, 5.41) is 0. The molecule has 1 atom stereocenters. The second-order valence-electron chi connectivity index (χ2n) is 4.60. The molecule has 0 bridgehead atoms. The van der Waals surface area contributed by atoms with Crippen molar-refractivity contribution in [1.82, 2.24) is 4.90 Å². The largest absolute Gasteiger partial charge is 0.369 e. The van der Waals surface area contributed by atoms with Gasteiger partial charge >= 0.3 is 0 Å². The number of nitrogens with zero attached hydrogens (tertiary/aromatic N) is 1. The minimum absolute atomic E-state index is 0.0123. The van der Waals surface area contributed by atoms with Crippen LogP contribution in [-0.4, -0.2) is 23.3 Å². The first-order valence-corrected chi connectivity index (χ1v) is 5.95. The van der Waals surface area contributed by atoms with E-state index in [-0.39, 0.29) is 18.2 Å². The van der Waals surface area contributed by atoms with E-state index in [9.17, 15) is 9.59 Å². The Hall–Kier alpha value is -1.88. The smallest absolute Gasteiger partial charge is 0.223 e. The first-order chi connectivity index (χ1) is 8.60. The van der Waals surface area contributed by atoms with Crippen LogP contribution in [-0.2, 0) is 22.7 Å². The SMILES string of the molecule is NCc1ccc(CN2CC(C(N)=O)CC2=O)cc1. The molecule has 2 amide bonds. The van der Waals surface area contributed by atoms with Crippen LogP contribution in [0.3, 0.4) is 0 Å².